The molecule has 3 aliphatic rings. The molecule has 2 aliphatic carbocycles. The molecule has 0 spiro atoms. The summed E-state index contributed by atoms with van der Waals surface area (Å²) in [6.45, 7) is 5.83. The quantitative estimate of drug-likeness (QED) is 0.786. The number of allylic oxidation sites excluding steroid dienone is 2. The Balaban J connectivity index is 1.33. The van der Waals surface area contributed by atoms with E-state index in [1.165, 1.54) is 38.2 Å². The summed E-state index contributed by atoms with van der Waals surface area (Å²) in [4.78, 5) is 5.09. The maximum absolute atomic E-state index is 6.31. The Bertz CT molecular complexity index is 534. The Hall–Kier alpha value is -0.990. The van der Waals surface area contributed by atoms with Crippen LogP contribution < -0.4 is 4.90 Å². The van der Waals surface area contributed by atoms with Crippen LogP contribution in [0.3, 0.4) is 0 Å². The summed E-state index contributed by atoms with van der Waals surface area (Å²) in [5, 5.41) is 0.879. The molecular formula is C18H23ClN2. The molecule has 0 aromatic heterocycles. The number of rotatable bonds is 3. The van der Waals surface area contributed by atoms with E-state index in [-0.39, 0.29) is 0 Å². The maximum Gasteiger partial charge on any atom is 0.0639 e. The molecule has 2 nitrogen and oxygen atoms in total. The van der Waals surface area contributed by atoms with Crippen LogP contribution in [0.5, 0.6) is 0 Å². The minimum atomic E-state index is 0.872. The maximum atomic E-state index is 6.31. The van der Waals surface area contributed by atoms with Crippen LogP contribution in [0, 0.1) is 17.8 Å². The van der Waals surface area contributed by atoms with Crippen molar-refractivity contribution in [2.45, 2.75) is 12.8 Å². The van der Waals surface area contributed by atoms with E-state index >= 15 is 0 Å². The zero-order valence-electron chi connectivity index (χ0n) is 12.4. The zero-order valence-corrected chi connectivity index (χ0v) is 13.2. The minimum absolute atomic E-state index is 0.872. The molecule has 4 rings (SSSR count). The molecule has 1 aromatic rings. The number of nitrogens with zero attached hydrogens (tertiary/aromatic N) is 2. The van der Waals surface area contributed by atoms with Crippen LogP contribution in [0.15, 0.2) is 36.4 Å². The van der Waals surface area contributed by atoms with Crippen LogP contribution in [-0.2, 0) is 0 Å². The third kappa shape index (κ3) is 2.72. The lowest BCUT2D eigenvalue weighted by molar-refractivity contribution is 0.204. The second-order valence-electron chi connectivity index (χ2n) is 6.78. The SMILES string of the molecule is Clc1ccccc1N1CCN(C[C@@H]2C[C@@H]3C=C[C@@H]2C3)CC1. The van der Waals surface area contributed by atoms with E-state index in [9.17, 15) is 0 Å². The third-order valence-electron chi connectivity index (χ3n) is 5.47. The smallest absolute Gasteiger partial charge is 0.0639 e. The normalized spacial score (nSPS) is 32.0. The van der Waals surface area contributed by atoms with Crippen LogP contribution in [0.25, 0.3) is 0 Å². The number of halogens is 1. The average molecular weight is 303 g/mol. The number of hydrogen-bond donors (Lipinski definition) is 0. The van der Waals surface area contributed by atoms with Crippen molar-refractivity contribution in [1.82, 2.24) is 4.90 Å². The van der Waals surface area contributed by atoms with Crippen molar-refractivity contribution in [3.63, 3.8) is 0 Å². The second kappa shape index (κ2) is 5.66. The van der Waals surface area contributed by atoms with Gasteiger partial charge in [-0.25, -0.2) is 0 Å². The molecule has 0 radical (unpaired) electrons. The van der Waals surface area contributed by atoms with E-state index in [1.54, 1.807) is 0 Å². The van der Waals surface area contributed by atoms with Crippen LogP contribution >= 0.6 is 11.6 Å². The molecule has 1 saturated heterocycles. The van der Waals surface area contributed by atoms with Gasteiger partial charge in [0.1, 0.15) is 0 Å². The summed E-state index contributed by atoms with van der Waals surface area (Å²) < 4.78 is 0. The highest BCUT2D eigenvalue weighted by atomic mass is 35.5. The number of para-hydroxylation sites is 1. The minimum Gasteiger partial charge on any atom is -0.368 e. The molecule has 0 N–H and O–H groups in total. The predicted octanol–water partition coefficient (Wildman–Crippen LogP) is 3.67. The molecule has 3 atom stereocenters. The Morgan fingerprint density at radius 3 is 2.48 bits per heavy atom. The zero-order chi connectivity index (χ0) is 14.2. The van der Waals surface area contributed by atoms with Crippen molar-refractivity contribution in [3.05, 3.63) is 41.4 Å². The average Bonchev–Trinajstić information content (AvgIpc) is 3.11. The van der Waals surface area contributed by atoms with E-state index in [0.29, 0.717) is 0 Å². The summed E-state index contributed by atoms with van der Waals surface area (Å²) in [5.74, 6) is 2.67. The van der Waals surface area contributed by atoms with E-state index in [2.05, 4.69) is 34.1 Å². The van der Waals surface area contributed by atoms with Crippen LogP contribution in [0.1, 0.15) is 12.8 Å². The summed E-state index contributed by atoms with van der Waals surface area (Å²) in [6.07, 6.45) is 7.76. The standard InChI is InChI=1S/C18H23ClN2/c19-17-3-1-2-4-18(17)21-9-7-20(8-10-21)13-16-12-14-5-6-15(16)11-14/h1-6,14-16H,7-13H2/t14-,15-,16+/m1/s1. The van der Waals surface area contributed by atoms with Crippen LogP contribution in [-0.4, -0.2) is 37.6 Å². The number of benzene rings is 1. The lowest BCUT2D eigenvalue weighted by Crippen LogP contribution is -2.48. The van der Waals surface area contributed by atoms with Crippen LogP contribution in [0.2, 0.25) is 5.02 Å². The van der Waals surface area contributed by atoms with Gasteiger partial charge in [0, 0.05) is 32.7 Å². The van der Waals surface area contributed by atoms with E-state index in [4.69, 9.17) is 11.6 Å². The molecule has 1 heterocycles. The third-order valence-corrected chi connectivity index (χ3v) is 5.79. The van der Waals surface area contributed by atoms with Gasteiger partial charge in [0.15, 0.2) is 0 Å². The van der Waals surface area contributed by atoms with Gasteiger partial charge in [-0.2, -0.15) is 0 Å². The number of anilines is 1. The van der Waals surface area contributed by atoms with Gasteiger partial charge in [-0.05, 0) is 42.7 Å². The van der Waals surface area contributed by atoms with Gasteiger partial charge in [-0.1, -0.05) is 35.9 Å². The highest BCUT2D eigenvalue weighted by Crippen LogP contribution is 2.43. The largest absolute Gasteiger partial charge is 0.368 e. The van der Waals surface area contributed by atoms with Crippen molar-refractivity contribution in [3.8, 4) is 0 Å². The summed E-state index contributed by atoms with van der Waals surface area (Å²) in [7, 11) is 0. The fourth-order valence-corrected chi connectivity index (χ4v) is 4.57. The Morgan fingerprint density at radius 1 is 1.00 bits per heavy atom. The van der Waals surface area contributed by atoms with Gasteiger partial charge < -0.3 is 4.90 Å². The number of fused-ring (bicyclic) bond motifs is 2. The van der Waals surface area contributed by atoms with Gasteiger partial charge in [0.05, 0.1) is 10.7 Å². The van der Waals surface area contributed by atoms with Crippen molar-refractivity contribution in [2.75, 3.05) is 37.6 Å². The molecule has 0 amide bonds. The van der Waals surface area contributed by atoms with Crippen LogP contribution in [0.4, 0.5) is 5.69 Å². The first-order valence-electron chi connectivity index (χ1n) is 8.20. The first kappa shape index (κ1) is 13.7. The van der Waals surface area contributed by atoms with Crippen molar-refractivity contribution in [1.29, 1.82) is 0 Å². The highest BCUT2D eigenvalue weighted by Gasteiger charge is 2.36. The fourth-order valence-electron chi connectivity index (χ4n) is 4.32. The second-order valence-corrected chi connectivity index (χ2v) is 7.19. The lowest BCUT2D eigenvalue weighted by atomic mass is 9.93. The Morgan fingerprint density at radius 2 is 1.81 bits per heavy atom. The van der Waals surface area contributed by atoms with E-state index in [0.717, 1.165) is 35.9 Å². The van der Waals surface area contributed by atoms with Gasteiger partial charge in [0.2, 0.25) is 0 Å². The van der Waals surface area contributed by atoms with Crippen molar-refractivity contribution in [2.24, 2.45) is 17.8 Å². The monoisotopic (exact) mass is 302 g/mol. The van der Waals surface area contributed by atoms with E-state index < -0.39 is 0 Å². The Labute approximate surface area is 132 Å². The lowest BCUT2D eigenvalue weighted by Gasteiger charge is -2.38. The number of piperazine rings is 1. The summed E-state index contributed by atoms with van der Waals surface area (Å²) in [5.41, 5.74) is 1.20. The van der Waals surface area contributed by atoms with E-state index in [1.807, 2.05) is 12.1 Å². The van der Waals surface area contributed by atoms with Crippen molar-refractivity contribution >= 4 is 17.3 Å². The molecule has 2 fully saturated rings. The highest BCUT2D eigenvalue weighted by molar-refractivity contribution is 6.33. The molecule has 0 unspecified atom stereocenters. The van der Waals surface area contributed by atoms with Crippen molar-refractivity contribution < 1.29 is 0 Å². The molecule has 2 bridgehead atoms. The van der Waals surface area contributed by atoms with Gasteiger partial charge >= 0.3 is 0 Å². The Kier molecular flexibility index (Phi) is 3.68. The first-order valence-corrected chi connectivity index (χ1v) is 8.57. The first-order chi connectivity index (χ1) is 10.3. The molecule has 21 heavy (non-hydrogen) atoms. The molecule has 1 saturated carbocycles. The van der Waals surface area contributed by atoms with Gasteiger partial charge in [-0.15, -0.1) is 0 Å². The van der Waals surface area contributed by atoms with Gasteiger partial charge in [-0.3, -0.25) is 4.90 Å². The fraction of sp³-hybridized carbons (Fsp3) is 0.556. The summed E-state index contributed by atoms with van der Waals surface area (Å²) in [6, 6.07) is 8.21. The molecule has 1 aliphatic heterocycles. The molecule has 1 aromatic carbocycles. The summed E-state index contributed by atoms with van der Waals surface area (Å²) >= 11 is 6.31. The number of hydrogen-bond acceptors (Lipinski definition) is 2. The predicted molar refractivity (Wildman–Crippen MR) is 88.9 cm³/mol. The van der Waals surface area contributed by atoms with Gasteiger partial charge in [0.25, 0.3) is 0 Å². The molecule has 112 valence electrons. The molecule has 3 heteroatoms. The topological polar surface area (TPSA) is 6.48 Å². The molecular weight excluding hydrogens is 280 g/mol.